The summed E-state index contributed by atoms with van der Waals surface area (Å²) in [5, 5.41) is 4.98. The summed E-state index contributed by atoms with van der Waals surface area (Å²) in [6, 6.07) is 4.28. The van der Waals surface area contributed by atoms with Crippen molar-refractivity contribution in [2.75, 3.05) is 26.1 Å². The van der Waals surface area contributed by atoms with E-state index in [0.29, 0.717) is 19.0 Å². The Morgan fingerprint density at radius 1 is 1.29 bits per heavy atom. The van der Waals surface area contributed by atoms with Crippen molar-refractivity contribution in [2.24, 2.45) is 5.14 Å². The van der Waals surface area contributed by atoms with Gasteiger partial charge in [0.1, 0.15) is 10.6 Å². The van der Waals surface area contributed by atoms with Crippen LogP contribution in [0.5, 0.6) is 5.75 Å². The minimum atomic E-state index is -3.78. The van der Waals surface area contributed by atoms with Crippen LogP contribution in [-0.2, 0) is 14.8 Å². The Labute approximate surface area is 101 Å². The molecule has 0 aromatic heterocycles. The lowest BCUT2D eigenvalue weighted by atomic mass is 10.3. The fourth-order valence-electron chi connectivity index (χ4n) is 1.27. The van der Waals surface area contributed by atoms with Gasteiger partial charge in [0.25, 0.3) is 0 Å². The molecule has 0 bridgehead atoms. The summed E-state index contributed by atoms with van der Waals surface area (Å²) in [5.74, 6) is 0.506. The second-order valence-corrected chi connectivity index (χ2v) is 4.97. The van der Waals surface area contributed by atoms with E-state index in [2.05, 4.69) is 0 Å². The molecule has 0 saturated heterocycles. The SMILES string of the molecule is COCCCOc1ccc(S(N)(=O)=O)c(N)c1. The van der Waals surface area contributed by atoms with Crippen molar-refractivity contribution in [3.63, 3.8) is 0 Å². The van der Waals surface area contributed by atoms with Crippen LogP contribution in [-0.4, -0.2) is 28.7 Å². The summed E-state index contributed by atoms with van der Waals surface area (Å²) < 4.78 is 32.4. The van der Waals surface area contributed by atoms with Crippen LogP contribution in [0.2, 0.25) is 0 Å². The summed E-state index contributed by atoms with van der Waals surface area (Å²) in [4.78, 5) is -0.0956. The topological polar surface area (TPSA) is 105 Å². The molecule has 7 heteroatoms. The Kier molecular flexibility index (Phi) is 4.73. The van der Waals surface area contributed by atoms with Crippen molar-refractivity contribution in [3.05, 3.63) is 18.2 Å². The summed E-state index contributed by atoms with van der Waals surface area (Å²) in [6.45, 7) is 1.08. The van der Waals surface area contributed by atoms with E-state index in [4.69, 9.17) is 20.3 Å². The van der Waals surface area contributed by atoms with E-state index in [-0.39, 0.29) is 10.6 Å². The number of hydrogen-bond donors (Lipinski definition) is 2. The molecule has 1 aromatic carbocycles. The average Bonchev–Trinajstić information content (AvgIpc) is 2.23. The highest BCUT2D eigenvalue weighted by atomic mass is 32.2. The zero-order valence-corrected chi connectivity index (χ0v) is 10.4. The van der Waals surface area contributed by atoms with Gasteiger partial charge in [-0.1, -0.05) is 0 Å². The van der Waals surface area contributed by atoms with Gasteiger partial charge in [0.15, 0.2) is 0 Å². The number of primary sulfonamides is 1. The minimum absolute atomic E-state index is 0.0803. The number of nitrogen functional groups attached to an aromatic ring is 1. The van der Waals surface area contributed by atoms with Gasteiger partial charge >= 0.3 is 0 Å². The molecule has 4 N–H and O–H groups in total. The van der Waals surface area contributed by atoms with Gasteiger partial charge in [0, 0.05) is 26.2 Å². The molecule has 0 atom stereocenters. The normalized spacial score (nSPS) is 11.4. The van der Waals surface area contributed by atoms with Gasteiger partial charge < -0.3 is 15.2 Å². The lowest BCUT2D eigenvalue weighted by molar-refractivity contribution is 0.172. The highest BCUT2D eigenvalue weighted by Gasteiger charge is 2.12. The Morgan fingerprint density at radius 3 is 2.53 bits per heavy atom. The largest absolute Gasteiger partial charge is 0.493 e. The fourth-order valence-corrected chi connectivity index (χ4v) is 1.91. The first-order valence-electron chi connectivity index (χ1n) is 4.99. The lowest BCUT2D eigenvalue weighted by Crippen LogP contribution is -2.14. The number of methoxy groups -OCH3 is 1. The summed E-state index contributed by atoms with van der Waals surface area (Å²) >= 11 is 0. The molecule has 0 saturated carbocycles. The zero-order chi connectivity index (χ0) is 12.9. The highest BCUT2D eigenvalue weighted by molar-refractivity contribution is 7.89. The van der Waals surface area contributed by atoms with Crippen molar-refractivity contribution in [1.29, 1.82) is 0 Å². The monoisotopic (exact) mass is 260 g/mol. The predicted octanol–water partition coefficient (Wildman–Crippen LogP) is 0.332. The Hall–Kier alpha value is -1.31. The zero-order valence-electron chi connectivity index (χ0n) is 9.55. The minimum Gasteiger partial charge on any atom is -0.493 e. The number of rotatable bonds is 6. The van der Waals surface area contributed by atoms with Crippen molar-refractivity contribution >= 4 is 15.7 Å². The Balaban J connectivity index is 2.70. The van der Waals surface area contributed by atoms with Crippen molar-refractivity contribution in [3.8, 4) is 5.75 Å². The Bertz CT molecular complexity index is 473. The van der Waals surface area contributed by atoms with Crippen LogP contribution < -0.4 is 15.6 Å². The molecule has 17 heavy (non-hydrogen) atoms. The van der Waals surface area contributed by atoms with Gasteiger partial charge in [-0.2, -0.15) is 0 Å². The second-order valence-electron chi connectivity index (χ2n) is 3.44. The van der Waals surface area contributed by atoms with E-state index >= 15 is 0 Å². The summed E-state index contributed by atoms with van der Waals surface area (Å²) in [5.41, 5.74) is 5.65. The third-order valence-corrected chi connectivity index (χ3v) is 3.03. The number of ether oxygens (including phenoxy) is 2. The molecule has 0 radical (unpaired) electrons. The first-order valence-corrected chi connectivity index (χ1v) is 6.54. The van der Waals surface area contributed by atoms with Crippen molar-refractivity contribution in [2.45, 2.75) is 11.3 Å². The van der Waals surface area contributed by atoms with Crippen LogP contribution in [0, 0.1) is 0 Å². The molecule has 0 fully saturated rings. The fraction of sp³-hybridized carbons (Fsp3) is 0.400. The van der Waals surface area contributed by atoms with Gasteiger partial charge in [-0.25, -0.2) is 13.6 Å². The van der Waals surface area contributed by atoms with E-state index in [1.54, 1.807) is 7.11 Å². The molecule has 6 nitrogen and oxygen atoms in total. The van der Waals surface area contributed by atoms with Gasteiger partial charge in [0.05, 0.1) is 12.3 Å². The highest BCUT2D eigenvalue weighted by Crippen LogP contribution is 2.22. The third-order valence-electron chi connectivity index (χ3n) is 2.05. The van der Waals surface area contributed by atoms with Crippen LogP contribution in [0.4, 0.5) is 5.69 Å². The molecule has 1 aromatic rings. The molecule has 0 amide bonds. The van der Waals surface area contributed by atoms with Crippen LogP contribution in [0.25, 0.3) is 0 Å². The molecule has 0 unspecified atom stereocenters. The first kappa shape index (κ1) is 13.8. The van der Waals surface area contributed by atoms with Crippen molar-refractivity contribution < 1.29 is 17.9 Å². The standard InChI is InChI=1S/C10H16N2O4S/c1-15-5-2-6-16-8-3-4-10(9(11)7-8)17(12,13)14/h3-4,7H,2,5-6,11H2,1H3,(H2,12,13,14). The number of anilines is 1. The molecule has 0 spiro atoms. The number of hydrogen-bond acceptors (Lipinski definition) is 5. The van der Waals surface area contributed by atoms with Crippen LogP contribution in [0.15, 0.2) is 23.1 Å². The van der Waals surface area contributed by atoms with Gasteiger partial charge in [-0.15, -0.1) is 0 Å². The molecular weight excluding hydrogens is 244 g/mol. The molecule has 1 rings (SSSR count). The molecule has 0 aliphatic carbocycles. The number of nitrogens with two attached hydrogens (primary N) is 2. The summed E-state index contributed by atoms with van der Waals surface area (Å²) in [7, 11) is -2.17. The maximum atomic E-state index is 11.1. The van der Waals surface area contributed by atoms with E-state index in [1.807, 2.05) is 0 Å². The molecule has 0 aliphatic heterocycles. The van der Waals surface area contributed by atoms with E-state index in [0.717, 1.165) is 6.42 Å². The maximum Gasteiger partial charge on any atom is 0.240 e. The molecule has 0 aliphatic rings. The third kappa shape index (κ3) is 4.22. The number of sulfonamides is 1. The first-order chi connectivity index (χ1) is 7.95. The van der Waals surface area contributed by atoms with Gasteiger partial charge in [0.2, 0.25) is 10.0 Å². The smallest absolute Gasteiger partial charge is 0.240 e. The van der Waals surface area contributed by atoms with Crippen LogP contribution >= 0.6 is 0 Å². The average molecular weight is 260 g/mol. The Morgan fingerprint density at radius 2 is 2.00 bits per heavy atom. The van der Waals surface area contributed by atoms with E-state index in [1.165, 1.54) is 18.2 Å². The molecular formula is C10H16N2O4S. The summed E-state index contributed by atoms with van der Waals surface area (Å²) in [6.07, 6.45) is 0.743. The van der Waals surface area contributed by atoms with E-state index in [9.17, 15) is 8.42 Å². The van der Waals surface area contributed by atoms with Crippen LogP contribution in [0.3, 0.4) is 0 Å². The second kappa shape index (κ2) is 5.85. The number of benzene rings is 1. The lowest BCUT2D eigenvalue weighted by Gasteiger charge is -2.08. The van der Waals surface area contributed by atoms with E-state index < -0.39 is 10.0 Å². The maximum absolute atomic E-state index is 11.1. The quantitative estimate of drug-likeness (QED) is 0.566. The van der Waals surface area contributed by atoms with Gasteiger partial charge in [-0.3, -0.25) is 0 Å². The molecule has 0 heterocycles. The molecule has 96 valence electrons. The van der Waals surface area contributed by atoms with Crippen molar-refractivity contribution in [1.82, 2.24) is 0 Å². The van der Waals surface area contributed by atoms with Gasteiger partial charge in [-0.05, 0) is 12.1 Å². The predicted molar refractivity (Wildman–Crippen MR) is 64.2 cm³/mol. The van der Waals surface area contributed by atoms with Crippen LogP contribution in [0.1, 0.15) is 6.42 Å².